The third-order valence-electron chi connectivity index (χ3n) is 2.18. The van der Waals surface area contributed by atoms with Gasteiger partial charge in [0, 0.05) is 18.0 Å². The molecule has 0 bridgehead atoms. The molecule has 2 heteroatoms. The maximum absolute atomic E-state index is 10.3. The van der Waals surface area contributed by atoms with Crippen LogP contribution in [0, 0.1) is 5.92 Å². The number of carbonyl (C=O) groups is 1. The molecule has 58 valence electrons. The summed E-state index contributed by atoms with van der Waals surface area (Å²) in [6.45, 7) is 5.21. The van der Waals surface area contributed by atoms with Crippen molar-refractivity contribution in [2.75, 3.05) is 6.54 Å². The van der Waals surface area contributed by atoms with Crippen LogP contribution in [-0.4, -0.2) is 18.4 Å². The van der Waals surface area contributed by atoms with Gasteiger partial charge < -0.3 is 10.1 Å². The van der Waals surface area contributed by atoms with Gasteiger partial charge in [-0.1, -0.05) is 0 Å². The summed E-state index contributed by atoms with van der Waals surface area (Å²) in [5.41, 5.74) is 0.250. The van der Waals surface area contributed by atoms with Gasteiger partial charge in [-0.3, -0.25) is 0 Å². The Kier molecular flexibility index (Phi) is 2.09. The minimum atomic E-state index is 0.250. The molecule has 2 nitrogen and oxygen atoms in total. The first-order valence-electron chi connectivity index (χ1n) is 3.84. The summed E-state index contributed by atoms with van der Waals surface area (Å²) in [7, 11) is 0. The first kappa shape index (κ1) is 7.73. The van der Waals surface area contributed by atoms with Crippen LogP contribution < -0.4 is 5.32 Å². The van der Waals surface area contributed by atoms with Gasteiger partial charge in [0.15, 0.2) is 0 Å². The fraction of sp³-hybridized carbons (Fsp3) is 0.875. The second-order valence-corrected chi connectivity index (χ2v) is 3.70. The van der Waals surface area contributed by atoms with E-state index in [1.54, 1.807) is 0 Å². The van der Waals surface area contributed by atoms with Gasteiger partial charge in [0.1, 0.15) is 6.29 Å². The van der Waals surface area contributed by atoms with Gasteiger partial charge in [-0.25, -0.2) is 0 Å². The molecule has 0 aromatic heterocycles. The molecule has 0 saturated carbocycles. The van der Waals surface area contributed by atoms with Crippen molar-refractivity contribution in [3.8, 4) is 0 Å². The summed E-state index contributed by atoms with van der Waals surface area (Å²) >= 11 is 0. The lowest BCUT2D eigenvalue weighted by Crippen LogP contribution is -2.46. The van der Waals surface area contributed by atoms with E-state index >= 15 is 0 Å². The normalized spacial score (nSPS) is 31.6. The zero-order valence-corrected chi connectivity index (χ0v) is 6.68. The van der Waals surface area contributed by atoms with Gasteiger partial charge in [0.25, 0.3) is 0 Å². The fourth-order valence-corrected chi connectivity index (χ4v) is 1.26. The molecule has 10 heavy (non-hydrogen) atoms. The molecule has 1 unspecified atom stereocenters. The lowest BCUT2D eigenvalue weighted by molar-refractivity contribution is -0.111. The predicted octanol–water partition coefficient (Wildman–Crippen LogP) is 0.964. The van der Waals surface area contributed by atoms with Gasteiger partial charge in [-0.05, 0) is 26.7 Å². The molecule has 1 heterocycles. The van der Waals surface area contributed by atoms with Crippen molar-refractivity contribution in [1.82, 2.24) is 5.32 Å². The van der Waals surface area contributed by atoms with Gasteiger partial charge in [0.2, 0.25) is 0 Å². The number of piperidine rings is 1. The summed E-state index contributed by atoms with van der Waals surface area (Å²) < 4.78 is 0. The summed E-state index contributed by atoms with van der Waals surface area (Å²) in [6.07, 6.45) is 3.21. The van der Waals surface area contributed by atoms with E-state index in [0.29, 0.717) is 0 Å². The molecule has 0 amide bonds. The number of hydrogen-bond acceptors (Lipinski definition) is 2. The molecule has 0 spiro atoms. The van der Waals surface area contributed by atoms with Crippen molar-refractivity contribution in [3.05, 3.63) is 0 Å². The van der Waals surface area contributed by atoms with E-state index in [4.69, 9.17) is 0 Å². The topological polar surface area (TPSA) is 29.1 Å². The van der Waals surface area contributed by atoms with Crippen molar-refractivity contribution < 1.29 is 4.79 Å². The smallest absolute Gasteiger partial charge is 0.124 e. The van der Waals surface area contributed by atoms with Crippen molar-refractivity contribution >= 4 is 6.29 Å². The Morgan fingerprint density at radius 3 is 2.70 bits per heavy atom. The maximum atomic E-state index is 10.3. The predicted molar refractivity (Wildman–Crippen MR) is 40.9 cm³/mol. The van der Waals surface area contributed by atoms with Crippen LogP contribution >= 0.6 is 0 Å². The highest BCUT2D eigenvalue weighted by Gasteiger charge is 2.25. The van der Waals surface area contributed by atoms with Crippen LogP contribution in [0.4, 0.5) is 0 Å². The summed E-state index contributed by atoms with van der Waals surface area (Å²) in [5, 5.41) is 3.33. The van der Waals surface area contributed by atoms with E-state index < -0.39 is 0 Å². The number of aldehydes is 1. The molecule has 1 rings (SSSR count). The molecule has 1 saturated heterocycles. The van der Waals surface area contributed by atoms with Gasteiger partial charge >= 0.3 is 0 Å². The number of hydrogen-bond donors (Lipinski definition) is 1. The molecule has 1 aliphatic rings. The maximum Gasteiger partial charge on any atom is 0.124 e. The van der Waals surface area contributed by atoms with Crippen LogP contribution in [0.5, 0.6) is 0 Å². The highest BCUT2D eigenvalue weighted by molar-refractivity contribution is 5.54. The largest absolute Gasteiger partial charge is 0.311 e. The van der Waals surface area contributed by atoms with Gasteiger partial charge in [0.05, 0.1) is 0 Å². The second kappa shape index (κ2) is 2.70. The van der Waals surface area contributed by atoms with Crippen LogP contribution in [-0.2, 0) is 4.79 Å². The first-order valence-corrected chi connectivity index (χ1v) is 3.84. The van der Waals surface area contributed by atoms with Crippen molar-refractivity contribution in [3.63, 3.8) is 0 Å². The quantitative estimate of drug-likeness (QED) is 0.551. The van der Waals surface area contributed by atoms with Gasteiger partial charge in [-0.2, -0.15) is 0 Å². The van der Waals surface area contributed by atoms with Crippen LogP contribution in [0.25, 0.3) is 0 Å². The van der Waals surface area contributed by atoms with Crippen molar-refractivity contribution in [2.24, 2.45) is 5.92 Å². The van der Waals surface area contributed by atoms with E-state index in [0.717, 1.165) is 25.7 Å². The average molecular weight is 141 g/mol. The minimum Gasteiger partial charge on any atom is -0.311 e. The minimum absolute atomic E-state index is 0.250. The Balaban J connectivity index is 2.38. The molecule has 1 N–H and O–H groups in total. The monoisotopic (exact) mass is 141 g/mol. The van der Waals surface area contributed by atoms with Crippen molar-refractivity contribution in [2.45, 2.75) is 32.2 Å². The molecular weight excluding hydrogens is 126 g/mol. The molecule has 0 aliphatic carbocycles. The lowest BCUT2D eigenvalue weighted by Gasteiger charge is -2.33. The van der Waals surface area contributed by atoms with E-state index in [1.165, 1.54) is 0 Å². The summed E-state index contributed by atoms with van der Waals surface area (Å²) in [4.78, 5) is 10.3. The van der Waals surface area contributed by atoms with Crippen LogP contribution in [0.1, 0.15) is 26.7 Å². The number of carbonyl (C=O) groups excluding carboxylic acids is 1. The Bertz CT molecular complexity index is 121. The summed E-state index contributed by atoms with van der Waals surface area (Å²) in [6, 6.07) is 0. The Labute approximate surface area is 62.0 Å². The first-order chi connectivity index (χ1) is 4.64. The van der Waals surface area contributed by atoms with E-state index in [2.05, 4.69) is 19.2 Å². The number of nitrogens with one attached hydrogen (secondary N) is 1. The summed E-state index contributed by atoms with van der Waals surface area (Å²) in [5.74, 6) is 0.257. The SMILES string of the molecule is CC1(C)CCC(C=O)CN1. The molecule has 0 aromatic rings. The highest BCUT2D eigenvalue weighted by atomic mass is 16.1. The standard InChI is InChI=1S/C8H15NO/c1-8(2)4-3-7(6-10)5-9-8/h6-7,9H,3-5H2,1-2H3. The van der Waals surface area contributed by atoms with Crippen LogP contribution in [0.2, 0.25) is 0 Å². The second-order valence-electron chi connectivity index (χ2n) is 3.70. The zero-order valence-electron chi connectivity index (χ0n) is 6.68. The molecule has 1 atom stereocenters. The average Bonchev–Trinajstić information content (AvgIpc) is 1.88. The highest BCUT2D eigenvalue weighted by Crippen LogP contribution is 2.20. The van der Waals surface area contributed by atoms with E-state index in [-0.39, 0.29) is 11.5 Å². The Hall–Kier alpha value is -0.370. The van der Waals surface area contributed by atoms with Crippen LogP contribution in [0.3, 0.4) is 0 Å². The van der Waals surface area contributed by atoms with E-state index in [9.17, 15) is 4.79 Å². The lowest BCUT2D eigenvalue weighted by atomic mass is 9.88. The molecule has 0 radical (unpaired) electrons. The fourth-order valence-electron chi connectivity index (χ4n) is 1.26. The van der Waals surface area contributed by atoms with Crippen molar-refractivity contribution in [1.29, 1.82) is 0 Å². The number of rotatable bonds is 1. The van der Waals surface area contributed by atoms with Crippen LogP contribution in [0.15, 0.2) is 0 Å². The molecule has 1 fully saturated rings. The molecule has 1 aliphatic heterocycles. The van der Waals surface area contributed by atoms with Gasteiger partial charge in [-0.15, -0.1) is 0 Å². The molecular formula is C8H15NO. The zero-order chi connectivity index (χ0) is 7.61. The third kappa shape index (κ3) is 1.81. The third-order valence-corrected chi connectivity index (χ3v) is 2.18. The Morgan fingerprint density at radius 1 is 1.60 bits per heavy atom. The Morgan fingerprint density at radius 2 is 2.30 bits per heavy atom. The van der Waals surface area contributed by atoms with E-state index in [1.807, 2.05) is 0 Å². The molecule has 0 aromatic carbocycles.